The molecule has 3 atom stereocenters. The first-order valence-electron chi connectivity index (χ1n) is 8.30. The van der Waals surface area contributed by atoms with Gasteiger partial charge in [-0.1, -0.05) is 19.8 Å². The van der Waals surface area contributed by atoms with Gasteiger partial charge in [-0.3, -0.25) is 4.79 Å². The lowest BCUT2D eigenvalue weighted by Crippen LogP contribution is -2.42. The first kappa shape index (κ1) is 17.1. The van der Waals surface area contributed by atoms with E-state index in [-0.39, 0.29) is 12.6 Å². The highest BCUT2D eigenvalue weighted by atomic mass is 16.5. The van der Waals surface area contributed by atoms with Crippen LogP contribution in [0.1, 0.15) is 46.0 Å². The highest BCUT2D eigenvalue weighted by molar-refractivity contribution is 5.79. The van der Waals surface area contributed by atoms with E-state index in [1.165, 1.54) is 19.3 Å². The molecule has 2 fully saturated rings. The highest BCUT2D eigenvalue weighted by Gasteiger charge is 2.42. The van der Waals surface area contributed by atoms with Crippen molar-refractivity contribution in [2.75, 3.05) is 26.2 Å². The lowest BCUT2D eigenvalue weighted by atomic mass is 9.88. The van der Waals surface area contributed by atoms with Crippen LogP contribution in [0.5, 0.6) is 0 Å². The van der Waals surface area contributed by atoms with Crippen molar-refractivity contribution in [3.63, 3.8) is 0 Å². The van der Waals surface area contributed by atoms with Crippen LogP contribution in [0.3, 0.4) is 0 Å². The van der Waals surface area contributed by atoms with Gasteiger partial charge in [0.05, 0.1) is 18.1 Å². The van der Waals surface area contributed by atoms with Gasteiger partial charge >= 0.3 is 12.0 Å². The third-order valence-electron chi connectivity index (χ3n) is 5.02. The van der Waals surface area contributed by atoms with Crippen LogP contribution < -0.4 is 5.32 Å². The number of carbonyl (C=O) groups is 2. The van der Waals surface area contributed by atoms with Crippen LogP contribution in [-0.2, 0) is 9.53 Å². The van der Waals surface area contributed by atoms with Gasteiger partial charge in [0.25, 0.3) is 0 Å². The summed E-state index contributed by atoms with van der Waals surface area (Å²) in [6, 6.07) is -0.190. The molecular weight excluding hydrogens is 284 g/mol. The van der Waals surface area contributed by atoms with Crippen LogP contribution >= 0.6 is 0 Å². The maximum absolute atomic E-state index is 12.0. The molecule has 2 aliphatic rings. The van der Waals surface area contributed by atoms with Crippen molar-refractivity contribution < 1.29 is 19.4 Å². The molecule has 0 aromatic rings. The molecule has 6 heteroatoms. The Kier molecular flexibility index (Phi) is 5.67. The van der Waals surface area contributed by atoms with Crippen molar-refractivity contribution in [2.45, 2.75) is 52.1 Å². The smallest absolute Gasteiger partial charge is 0.317 e. The molecule has 2 N–H and O–H groups in total. The standard InChI is InChI=1S/C16H28N2O4/c1-12-5-3-4-6-13(12)22-10-8-17-15(21)18-9-7-16(2,11-18)14(19)20/h12-13H,3-11H2,1-2H3,(H,17,21)(H,19,20). The van der Waals surface area contributed by atoms with Gasteiger partial charge in [0.2, 0.25) is 0 Å². The van der Waals surface area contributed by atoms with E-state index in [1.807, 2.05) is 0 Å². The Morgan fingerprint density at radius 2 is 2.09 bits per heavy atom. The van der Waals surface area contributed by atoms with Gasteiger partial charge in [0, 0.05) is 19.6 Å². The summed E-state index contributed by atoms with van der Waals surface area (Å²) in [6.45, 7) is 5.67. The molecule has 0 radical (unpaired) electrons. The van der Waals surface area contributed by atoms with Crippen molar-refractivity contribution in [2.24, 2.45) is 11.3 Å². The minimum atomic E-state index is -0.836. The Morgan fingerprint density at radius 3 is 2.73 bits per heavy atom. The van der Waals surface area contributed by atoms with Crippen molar-refractivity contribution in [1.29, 1.82) is 0 Å². The third kappa shape index (κ3) is 4.12. The Balaban J connectivity index is 1.65. The average Bonchev–Trinajstić information content (AvgIpc) is 2.89. The fourth-order valence-corrected chi connectivity index (χ4v) is 3.32. The number of carboxylic acids is 1. The van der Waals surface area contributed by atoms with E-state index < -0.39 is 11.4 Å². The van der Waals surface area contributed by atoms with Gasteiger partial charge in [0.1, 0.15) is 0 Å². The third-order valence-corrected chi connectivity index (χ3v) is 5.02. The lowest BCUT2D eigenvalue weighted by Gasteiger charge is -2.29. The molecule has 1 saturated carbocycles. The van der Waals surface area contributed by atoms with Crippen molar-refractivity contribution in [3.8, 4) is 0 Å². The van der Waals surface area contributed by atoms with Crippen molar-refractivity contribution >= 4 is 12.0 Å². The van der Waals surface area contributed by atoms with Gasteiger partial charge in [-0.15, -0.1) is 0 Å². The molecule has 0 aromatic heterocycles. The number of rotatable bonds is 5. The zero-order valence-corrected chi connectivity index (χ0v) is 13.6. The normalized spacial score (nSPS) is 32.0. The lowest BCUT2D eigenvalue weighted by molar-refractivity contribution is -0.147. The first-order valence-corrected chi connectivity index (χ1v) is 8.30. The molecule has 6 nitrogen and oxygen atoms in total. The molecule has 0 aromatic carbocycles. The average molecular weight is 312 g/mol. The van der Waals surface area contributed by atoms with Crippen LogP contribution in [0.2, 0.25) is 0 Å². The van der Waals surface area contributed by atoms with Crippen LogP contribution in [0.25, 0.3) is 0 Å². The van der Waals surface area contributed by atoms with E-state index in [0.717, 1.165) is 6.42 Å². The van der Waals surface area contributed by atoms with Gasteiger partial charge in [-0.05, 0) is 32.1 Å². The number of likely N-dealkylation sites (tertiary alicyclic amines) is 1. The molecule has 2 amide bonds. The summed E-state index contributed by atoms with van der Waals surface area (Å²) >= 11 is 0. The van der Waals surface area contributed by atoms with Crippen LogP contribution in [-0.4, -0.2) is 54.4 Å². The van der Waals surface area contributed by atoms with E-state index in [0.29, 0.717) is 38.1 Å². The van der Waals surface area contributed by atoms with Gasteiger partial charge < -0.3 is 20.1 Å². The minimum absolute atomic E-state index is 0.190. The number of carbonyl (C=O) groups excluding carboxylic acids is 1. The first-order chi connectivity index (χ1) is 10.4. The fourth-order valence-electron chi connectivity index (χ4n) is 3.32. The highest BCUT2D eigenvalue weighted by Crippen LogP contribution is 2.30. The minimum Gasteiger partial charge on any atom is -0.481 e. The van der Waals surface area contributed by atoms with E-state index in [2.05, 4.69) is 12.2 Å². The van der Waals surface area contributed by atoms with E-state index in [9.17, 15) is 14.7 Å². The molecule has 22 heavy (non-hydrogen) atoms. The topological polar surface area (TPSA) is 78.9 Å². The maximum Gasteiger partial charge on any atom is 0.317 e. The number of nitrogens with one attached hydrogen (secondary N) is 1. The molecule has 0 bridgehead atoms. The van der Waals surface area contributed by atoms with Gasteiger partial charge in [-0.2, -0.15) is 0 Å². The van der Waals surface area contributed by atoms with E-state index >= 15 is 0 Å². The summed E-state index contributed by atoms with van der Waals surface area (Å²) in [5.74, 6) is -0.239. The summed E-state index contributed by atoms with van der Waals surface area (Å²) in [7, 11) is 0. The quantitative estimate of drug-likeness (QED) is 0.762. The number of urea groups is 1. The molecular formula is C16H28N2O4. The van der Waals surface area contributed by atoms with Crippen molar-refractivity contribution in [3.05, 3.63) is 0 Å². The number of ether oxygens (including phenoxy) is 1. The largest absolute Gasteiger partial charge is 0.481 e. The Hall–Kier alpha value is -1.30. The number of amides is 2. The monoisotopic (exact) mass is 312 g/mol. The number of nitrogens with zero attached hydrogens (tertiary/aromatic N) is 1. The maximum atomic E-state index is 12.0. The predicted octanol–water partition coefficient (Wildman–Crippen LogP) is 2.09. The van der Waals surface area contributed by atoms with Crippen LogP contribution in [0.15, 0.2) is 0 Å². The molecule has 1 aliphatic carbocycles. The zero-order chi connectivity index (χ0) is 16.2. The molecule has 126 valence electrons. The molecule has 2 rings (SSSR count). The summed E-state index contributed by atoms with van der Waals surface area (Å²) in [5, 5.41) is 12.0. The predicted molar refractivity (Wildman–Crippen MR) is 82.7 cm³/mol. The molecule has 0 spiro atoms. The Bertz CT molecular complexity index is 415. The van der Waals surface area contributed by atoms with Crippen LogP contribution in [0, 0.1) is 11.3 Å². The second-order valence-corrected chi connectivity index (χ2v) is 6.94. The molecule has 3 unspecified atom stereocenters. The second kappa shape index (κ2) is 7.31. The number of carboxylic acid groups (broad SMARTS) is 1. The van der Waals surface area contributed by atoms with Crippen molar-refractivity contribution in [1.82, 2.24) is 10.2 Å². The summed E-state index contributed by atoms with van der Waals surface area (Å²) in [6.07, 6.45) is 5.66. The summed E-state index contributed by atoms with van der Waals surface area (Å²) < 4.78 is 5.86. The van der Waals surface area contributed by atoms with Gasteiger partial charge in [0.15, 0.2) is 0 Å². The van der Waals surface area contributed by atoms with Gasteiger partial charge in [-0.25, -0.2) is 4.79 Å². The Morgan fingerprint density at radius 1 is 1.36 bits per heavy atom. The fraction of sp³-hybridized carbons (Fsp3) is 0.875. The Labute approximate surface area is 132 Å². The van der Waals surface area contributed by atoms with E-state index in [4.69, 9.17) is 4.74 Å². The number of hydrogen-bond donors (Lipinski definition) is 2. The number of aliphatic carboxylic acids is 1. The second-order valence-electron chi connectivity index (χ2n) is 6.94. The zero-order valence-electron chi connectivity index (χ0n) is 13.6. The SMILES string of the molecule is CC1CCCCC1OCCNC(=O)N1CCC(C)(C(=O)O)C1. The number of hydrogen-bond acceptors (Lipinski definition) is 3. The molecule has 1 saturated heterocycles. The van der Waals surface area contributed by atoms with Crippen LogP contribution in [0.4, 0.5) is 4.79 Å². The summed E-state index contributed by atoms with van der Waals surface area (Å²) in [5.41, 5.74) is -0.814. The molecule has 1 heterocycles. The molecule has 1 aliphatic heterocycles. The van der Waals surface area contributed by atoms with E-state index in [1.54, 1.807) is 11.8 Å². The summed E-state index contributed by atoms with van der Waals surface area (Å²) in [4.78, 5) is 24.8.